The molecule has 0 aliphatic rings. The van der Waals surface area contributed by atoms with E-state index >= 15 is 0 Å². The van der Waals surface area contributed by atoms with E-state index in [2.05, 4.69) is 0 Å². The lowest BCUT2D eigenvalue weighted by atomic mass is 10.5. The Kier molecular flexibility index (Phi) is 37.9. The first-order chi connectivity index (χ1) is 20.0. The third-order valence-electron chi connectivity index (χ3n) is 4.61. The molecule has 0 radical (unpaired) electrons. The molecule has 0 aliphatic heterocycles. The molecule has 2 unspecified atom stereocenters. The summed E-state index contributed by atoms with van der Waals surface area (Å²) in [6.45, 7) is 0. The molecule has 0 saturated heterocycles. The van der Waals surface area contributed by atoms with Crippen LogP contribution in [-0.2, 0) is 31.2 Å². The highest BCUT2D eigenvalue weighted by Gasteiger charge is 2.06. The van der Waals surface area contributed by atoms with Gasteiger partial charge in [-0.05, 0) is 24.3 Å². The minimum absolute atomic E-state index is 0.145. The second-order valence-electron chi connectivity index (χ2n) is 7.90. The van der Waals surface area contributed by atoms with Crippen LogP contribution in [0.4, 0.5) is 0 Å². The zero-order valence-corrected chi connectivity index (χ0v) is 32.6. The van der Waals surface area contributed by atoms with E-state index in [0.29, 0.717) is 35.2 Å². The Labute approximate surface area is 291 Å². The van der Waals surface area contributed by atoms with Crippen LogP contribution in [0.5, 0.6) is 0 Å². The van der Waals surface area contributed by atoms with Crippen molar-refractivity contribution in [2.24, 2.45) is 0 Å². The van der Waals surface area contributed by atoms with Gasteiger partial charge in [0.25, 0.3) is 0 Å². The zero-order chi connectivity index (χ0) is 30.2. The summed E-state index contributed by atoms with van der Waals surface area (Å²) in [7, 11) is -1.59. The average Bonchev–Trinajstić information content (AvgIpc) is 2.96. The third kappa shape index (κ3) is 35.4. The minimum atomic E-state index is -0.802. The zero-order valence-electron chi connectivity index (χ0n) is 23.6. The Morgan fingerprint density at radius 1 is 0.488 bits per heavy atom. The van der Waals surface area contributed by atoms with Crippen molar-refractivity contribution >= 4 is 138 Å². The van der Waals surface area contributed by atoms with E-state index in [1.807, 2.05) is 0 Å². The molecule has 0 aliphatic carbocycles. The van der Waals surface area contributed by atoms with Crippen LogP contribution in [0, 0.1) is 0 Å². The molecule has 0 rings (SSSR count). The van der Waals surface area contributed by atoms with E-state index in [9.17, 15) is 18.0 Å². The van der Waals surface area contributed by atoms with Crippen LogP contribution in [0.25, 0.3) is 0 Å². The van der Waals surface area contributed by atoms with Gasteiger partial charge in [0, 0.05) is 109 Å². The summed E-state index contributed by atoms with van der Waals surface area (Å²) < 4.78 is 24.1. The van der Waals surface area contributed by atoms with E-state index in [4.69, 9.17) is 10.2 Å². The SMILES string of the molecule is O=C(CCSCCCS(=O)CSCCSCO)SCCSCCS(=O)CCCSCCC(=O)SCSCCSCO. The van der Waals surface area contributed by atoms with Gasteiger partial charge in [-0.2, -0.15) is 35.3 Å². The molecule has 0 spiro atoms. The molecule has 41 heavy (non-hydrogen) atoms. The Morgan fingerprint density at radius 3 is 1.63 bits per heavy atom. The highest BCUT2D eigenvalue weighted by molar-refractivity contribution is 8.24. The number of aliphatic hydroxyl groups is 2. The van der Waals surface area contributed by atoms with Gasteiger partial charge in [-0.15, -0.1) is 47.0 Å². The Morgan fingerprint density at radius 2 is 1.00 bits per heavy atom. The second kappa shape index (κ2) is 35.6. The Hall–Kier alpha value is 2.71. The third-order valence-corrected chi connectivity index (χ3v) is 17.6. The van der Waals surface area contributed by atoms with Crippen LogP contribution >= 0.6 is 106 Å². The molecule has 0 aromatic heterocycles. The molecule has 17 heteroatoms. The van der Waals surface area contributed by atoms with Crippen LogP contribution in [0.15, 0.2) is 0 Å². The molecule has 244 valence electrons. The molecule has 2 atom stereocenters. The quantitative estimate of drug-likeness (QED) is 0.0661. The summed E-state index contributed by atoms with van der Waals surface area (Å²) >= 11 is 14.4. The molecule has 0 heterocycles. The standard InChI is InChI=1S/C24H46O6S11/c25-19-34-9-11-36-21-39-24(28)4-8-31-5-1-16-40(29)18-15-33-13-14-38-23(27)3-7-32-6-2-17-41(30)22-37-12-10-35-20-26/h25-26H,1-22H2. The fraction of sp³-hybridized carbons (Fsp3) is 0.917. The van der Waals surface area contributed by atoms with Crippen LogP contribution in [0.1, 0.15) is 25.7 Å². The highest BCUT2D eigenvalue weighted by Crippen LogP contribution is 2.18. The Balaban J connectivity index is 3.41. The van der Waals surface area contributed by atoms with E-state index in [1.54, 1.807) is 58.8 Å². The van der Waals surface area contributed by atoms with Crippen LogP contribution in [0.2, 0.25) is 0 Å². The average molecular weight is 783 g/mol. The maximum absolute atomic E-state index is 12.2. The molecule has 0 saturated carbocycles. The minimum Gasteiger partial charge on any atom is -0.386 e. The smallest absolute Gasteiger partial charge is 0.190 e. The van der Waals surface area contributed by atoms with Crippen LogP contribution in [0.3, 0.4) is 0 Å². The van der Waals surface area contributed by atoms with Crippen molar-refractivity contribution in [2.75, 3.05) is 103 Å². The lowest BCUT2D eigenvalue weighted by Crippen LogP contribution is -2.07. The van der Waals surface area contributed by atoms with Crippen LogP contribution in [-0.4, -0.2) is 131 Å². The van der Waals surface area contributed by atoms with Gasteiger partial charge >= 0.3 is 0 Å². The van der Waals surface area contributed by atoms with E-state index in [-0.39, 0.29) is 22.1 Å². The molecule has 0 aromatic carbocycles. The largest absolute Gasteiger partial charge is 0.386 e. The van der Waals surface area contributed by atoms with Crippen molar-refractivity contribution < 1.29 is 28.2 Å². The normalized spacial score (nSPS) is 12.9. The number of carbonyl (C=O) groups is 2. The lowest BCUT2D eigenvalue weighted by molar-refractivity contribution is -0.111. The summed E-state index contributed by atoms with van der Waals surface area (Å²) in [4.78, 5) is 23.9. The van der Waals surface area contributed by atoms with E-state index in [0.717, 1.165) is 81.2 Å². The number of aliphatic hydroxyl groups excluding tert-OH is 2. The number of rotatable bonds is 32. The molecule has 6 nitrogen and oxygen atoms in total. The highest BCUT2D eigenvalue weighted by atomic mass is 32.2. The van der Waals surface area contributed by atoms with Crippen molar-refractivity contribution in [3.05, 3.63) is 0 Å². The number of thioether (sulfide) groups is 9. The topological polar surface area (TPSA) is 109 Å². The summed E-state index contributed by atoms with van der Waals surface area (Å²) in [5.41, 5.74) is 0. The lowest BCUT2D eigenvalue weighted by Gasteiger charge is -2.05. The monoisotopic (exact) mass is 782 g/mol. The van der Waals surface area contributed by atoms with Gasteiger partial charge in [0.1, 0.15) is 0 Å². The molecule has 0 aromatic rings. The van der Waals surface area contributed by atoms with Crippen LogP contribution < -0.4 is 0 Å². The van der Waals surface area contributed by atoms with Crippen molar-refractivity contribution in [2.45, 2.75) is 25.7 Å². The molecular formula is C24H46O6S11. The van der Waals surface area contributed by atoms with Gasteiger partial charge in [0.15, 0.2) is 10.2 Å². The van der Waals surface area contributed by atoms with Gasteiger partial charge in [0.2, 0.25) is 0 Å². The first-order valence-corrected chi connectivity index (χ1v) is 26.3. The molecular weight excluding hydrogens is 737 g/mol. The molecule has 0 amide bonds. The predicted octanol–water partition coefficient (Wildman–Crippen LogP) is 5.51. The van der Waals surface area contributed by atoms with E-state index in [1.165, 1.54) is 47.0 Å². The molecule has 0 bridgehead atoms. The maximum Gasteiger partial charge on any atom is 0.190 e. The van der Waals surface area contributed by atoms with Crippen molar-refractivity contribution in [3.8, 4) is 0 Å². The summed E-state index contributed by atoms with van der Waals surface area (Å²) in [6, 6.07) is 0. The summed E-state index contributed by atoms with van der Waals surface area (Å²) in [5, 5.41) is 19.3. The number of carbonyl (C=O) groups excluding carboxylic acids is 2. The fourth-order valence-corrected chi connectivity index (χ4v) is 14.2. The molecule has 0 fully saturated rings. The number of hydrogen-bond donors (Lipinski definition) is 2. The van der Waals surface area contributed by atoms with Crippen molar-refractivity contribution in [1.82, 2.24) is 0 Å². The molecule has 2 N–H and O–H groups in total. The fourth-order valence-electron chi connectivity index (χ4n) is 2.62. The Bertz CT molecular complexity index is 676. The van der Waals surface area contributed by atoms with Gasteiger partial charge < -0.3 is 10.2 Å². The maximum atomic E-state index is 12.2. The van der Waals surface area contributed by atoms with Gasteiger partial charge in [-0.25, -0.2) is 0 Å². The first kappa shape index (κ1) is 43.7. The number of hydrogen-bond acceptors (Lipinski definition) is 15. The summed E-state index contributed by atoms with van der Waals surface area (Å²) in [6.07, 6.45) is 2.97. The summed E-state index contributed by atoms with van der Waals surface area (Å²) in [5.74, 6) is 12.1. The van der Waals surface area contributed by atoms with Gasteiger partial charge in [0.05, 0.1) is 17.0 Å². The van der Waals surface area contributed by atoms with E-state index < -0.39 is 21.6 Å². The van der Waals surface area contributed by atoms with Crippen molar-refractivity contribution in [1.29, 1.82) is 0 Å². The van der Waals surface area contributed by atoms with Gasteiger partial charge in [-0.3, -0.25) is 18.0 Å². The van der Waals surface area contributed by atoms with Crippen molar-refractivity contribution in [3.63, 3.8) is 0 Å². The predicted molar refractivity (Wildman–Crippen MR) is 205 cm³/mol. The van der Waals surface area contributed by atoms with Gasteiger partial charge in [-0.1, -0.05) is 23.5 Å². The second-order valence-corrected chi connectivity index (χ2v) is 22.1. The first-order valence-electron chi connectivity index (χ1n) is 13.3.